The summed E-state index contributed by atoms with van der Waals surface area (Å²) in [5.74, 6) is 0. The Morgan fingerprint density at radius 1 is 0.209 bits per heavy atom. The molecule has 0 unspecified atom stereocenters. The highest BCUT2D eigenvalue weighted by molar-refractivity contribution is 9.10. The molecule has 148 heavy (non-hydrogen) atoms. The van der Waals surface area contributed by atoms with E-state index in [9.17, 15) is 10.2 Å². The molecule has 3 heterocycles. The Kier molecular flexibility index (Phi) is 24.4. The van der Waals surface area contributed by atoms with E-state index in [4.69, 9.17) is 5.11 Å². The Labute approximate surface area is 871 Å². The van der Waals surface area contributed by atoms with Gasteiger partial charge in [-0.05, 0) is 299 Å². The second-order valence-corrected chi connectivity index (χ2v) is 41.3. The molecule has 27 rings (SSSR count). The maximum absolute atomic E-state index is 9.53. The van der Waals surface area contributed by atoms with Gasteiger partial charge in [0.25, 0.3) is 0 Å². The van der Waals surface area contributed by atoms with Crippen LogP contribution in [0, 0.1) is 0 Å². The van der Waals surface area contributed by atoms with Crippen molar-refractivity contribution in [3.05, 3.63) is 546 Å². The molecular formula is C138H109BrN6O3. The first kappa shape index (κ1) is 93.1. The lowest BCUT2D eigenvalue weighted by atomic mass is 9.82. The number of para-hydroxylation sites is 6. The first-order valence-corrected chi connectivity index (χ1v) is 51.6. The molecule has 3 aliphatic carbocycles. The highest BCUT2D eigenvalue weighted by atomic mass is 79.9. The summed E-state index contributed by atoms with van der Waals surface area (Å²) in [7, 11) is 0. The second-order valence-electron chi connectivity index (χ2n) is 40.4. The van der Waals surface area contributed by atoms with Gasteiger partial charge in [0.05, 0.1) is 52.9 Å². The van der Waals surface area contributed by atoms with Crippen molar-refractivity contribution < 1.29 is 15.3 Å². The third-order valence-electron chi connectivity index (χ3n) is 30.6. The molecule has 0 radical (unpaired) electrons. The van der Waals surface area contributed by atoms with Gasteiger partial charge in [0.2, 0.25) is 0 Å². The molecule has 3 aliphatic rings. The van der Waals surface area contributed by atoms with Crippen molar-refractivity contribution in [3.63, 3.8) is 0 Å². The SMILES string of the molecule is CC1(C)c2ccccc2-c2ccc(N(c3ccc(-c4ccc(CO)cc4)cc3)c3ccc4c(c3)c3ccccc3n4-c3ccccc3)cc21.CC1(C)c2ccccc2-c2ccc(N(c3ccc(-c4ccc(CO)cc4)cc3)c3ccc4c(c3)c3ccccc3n4-c3ccccc3)cc21.CC1(C)c2ccccc2-c2ccc(Nc3ccc4c(c3)c3ccccc3n4-c3ccccc3)cc21.OCc1ccc(-c2ccc(Br)cc2)cc1. The number of aliphatic hydroxyl groups excluding tert-OH is 3. The van der Waals surface area contributed by atoms with E-state index in [1.165, 1.54) is 149 Å². The van der Waals surface area contributed by atoms with Gasteiger partial charge >= 0.3 is 0 Å². The van der Waals surface area contributed by atoms with Gasteiger partial charge in [-0.25, -0.2) is 0 Å². The van der Waals surface area contributed by atoms with Crippen LogP contribution in [0.15, 0.2) is 496 Å². The minimum atomic E-state index is -0.106. The number of nitrogens with zero attached hydrogens (tertiary/aromatic N) is 5. The Morgan fingerprint density at radius 3 is 0.804 bits per heavy atom. The quantitative estimate of drug-likeness (QED) is 0.0726. The van der Waals surface area contributed by atoms with Crippen molar-refractivity contribution in [2.45, 2.75) is 77.6 Å². The van der Waals surface area contributed by atoms with Crippen molar-refractivity contribution in [2.75, 3.05) is 15.1 Å². The van der Waals surface area contributed by atoms with Gasteiger partial charge in [-0.3, -0.25) is 0 Å². The highest BCUT2D eigenvalue weighted by Crippen LogP contribution is 2.56. The minimum absolute atomic E-state index is 0.00330. The van der Waals surface area contributed by atoms with Gasteiger partial charge in [0.15, 0.2) is 0 Å². The summed E-state index contributed by atoms with van der Waals surface area (Å²) in [4.78, 5) is 4.79. The molecule has 716 valence electrons. The van der Waals surface area contributed by atoms with Crippen molar-refractivity contribution in [2.24, 2.45) is 0 Å². The maximum atomic E-state index is 9.53. The van der Waals surface area contributed by atoms with Crippen LogP contribution in [0.5, 0.6) is 0 Å². The van der Waals surface area contributed by atoms with Gasteiger partial charge < -0.3 is 44.1 Å². The Bertz CT molecular complexity index is 8770. The zero-order chi connectivity index (χ0) is 100. The number of rotatable bonds is 17. The molecule has 4 N–H and O–H groups in total. The summed E-state index contributed by atoms with van der Waals surface area (Å²) in [5, 5.41) is 39.1. The van der Waals surface area contributed by atoms with E-state index in [1.54, 1.807) is 0 Å². The fraction of sp³-hybridized carbons (Fsp3) is 0.0870. The van der Waals surface area contributed by atoms with Gasteiger partial charge in [0, 0.05) is 116 Å². The van der Waals surface area contributed by atoms with Gasteiger partial charge in [-0.15, -0.1) is 0 Å². The normalized spacial score (nSPS) is 12.9. The first-order chi connectivity index (χ1) is 72.4. The Morgan fingerprint density at radius 2 is 0.453 bits per heavy atom. The average Bonchev–Trinajstić information content (AvgIpc) is 1.36. The number of aliphatic hydroxyl groups is 3. The molecule has 0 aliphatic heterocycles. The monoisotopic (exact) mass is 1980 g/mol. The number of benzene rings is 21. The lowest BCUT2D eigenvalue weighted by Crippen LogP contribution is -2.16. The van der Waals surface area contributed by atoms with Crippen LogP contribution < -0.4 is 15.1 Å². The van der Waals surface area contributed by atoms with Crippen LogP contribution in [0.1, 0.15) is 91.6 Å². The van der Waals surface area contributed by atoms with E-state index in [-0.39, 0.29) is 36.1 Å². The summed E-state index contributed by atoms with van der Waals surface area (Å²) in [6, 6.07) is 176. The molecule has 21 aromatic carbocycles. The molecular weight excluding hydrogens is 1870 g/mol. The van der Waals surface area contributed by atoms with Gasteiger partial charge in [-0.1, -0.05) is 367 Å². The number of fused-ring (bicyclic) bond motifs is 18. The fourth-order valence-electron chi connectivity index (χ4n) is 23.0. The third-order valence-corrected chi connectivity index (χ3v) is 31.1. The average molecular weight is 1980 g/mol. The zero-order valence-electron chi connectivity index (χ0n) is 83.3. The van der Waals surface area contributed by atoms with Crippen molar-refractivity contribution >= 4 is 127 Å². The Hall–Kier alpha value is -17.2. The number of hydrogen-bond donors (Lipinski definition) is 4. The van der Waals surface area contributed by atoms with E-state index in [2.05, 4.69) is 517 Å². The van der Waals surface area contributed by atoms with Gasteiger partial charge in [0.1, 0.15) is 0 Å². The van der Waals surface area contributed by atoms with Crippen LogP contribution >= 0.6 is 15.9 Å². The molecule has 10 heteroatoms. The molecule has 0 atom stereocenters. The van der Waals surface area contributed by atoms with Gasteiger partial charge in [-0.2, -0.15) is 0 Å². The van der Waals surface area contributed by atoms with Crippen LogP contribution in [-0.2, 0) is 36.1 Å². The summed E-state index contributed by atoms with van der Waals surface area (Å²) < 4.78 is 8.16. The highest BCUT2D eigenvalue weighted by Gasteiger charge is 2.39. The minimum Gasteiger partial charge on any atom is -0.392 e. The van der Waals surface area contributed by atoms with Crippen LogP contribution in [0.2, 0.25) is 0 Å². The smallest absolute Gasteiger partial charge is 0.0681 e. The maximum Gasteiger partial charge on any atom is 0.0681 e. The van der Waals surface area contributed by atoms with Crippen molar-refractivity contribution in [1.82, 2.24) is 13.7 Å². The van der Waals surface area contributed by atoms with E-state index < -0.39 is 0 Å². The number of anilines is 8. The second kappa shape index (κ2) is 38.7. The third kappa shape index (κ3) is 16.9. The summed E-state index contributed by atoms with van der Waals surface area (Å²) in [5.41, 5.74) is 45.2. The lowest BCUT2D eigenvalue weighted by molar-refractivity contribution is 0.281. The predicted molar refractivity (Wildman–Crippen MR) is 622 cm³/mol. The summed E-state index contributed by atoms with van der Waals surface area (Å²) in [6.45, 7) is 14.2. The molecule has 24 aromatic rings. The van der Waals surface area contributed by atoms with Crippen molar-refractivity contribution in [3.8, 4) is 83.8 Å². The first-order valence-electron chi connectivity index (χ1n) is 50.9. The Balaban J connectivity index is 0.000000112. The van der Waals surface area contributed by atoms with E-state index in [0.29, 0.717) is 0 Å². The van der Waals surface area contributed by atoms with E-state index in [1.807, 2.05) is 60.7 Å². The molecule has 0 saturated carbocycles. The topological polar surface area (TPSA) is 94.0 Å². The predicted octanol–water partition coefficient (Wildman–Crippen LogP) is 35.9. The van der Waals surface area contributed by atoms with Crippen LogP contribution in [0.3, 0.4) is 0 Å². The molecule has 0 saturated heterocycles. The number of aromatic nitrogens is 3. The van der Waals surface area contributed by atoms with Crippen LogP contribution in [0.25, 0.3) is 149 Å². The standard InChI is InChI=1S/2C46H36N2O.C33H26N2.C13H11BrO/c2*1-46(2)42-14-8-6-12-38(42)39-26-24-37(29-43(39)46)47(35-22-20-33(21-23-35)32-18-16-31(30-49)17-19-32)36-25-27-45-41(28-36)40-13-7-9-15-44(40)48(45)34-10-4-3-5-11-34;1-33(2)29-14-8-6-12-25(29)26-18-16-23(21-30(26)33)34-22-17-19-32-28(20-22)27-13-7-9-15-31(27)35(32)24-10-4-3-5-11-24;14-13-7-5-12(6-8-13)11-3-1-10(9-15)2-4-11/h2*3-29,49H,30H2,1-2H3;3-21,34H,1-2H3;1-8,15H,9H2. The zero-order valence-corrected chi connectivity index (χ0v) is 84.9. The molecule has 0 bridgehead atoms. The van der Waals surface area contributed by atoms with E-state index in [0.717, 1.165) is 100 Å². The van der Waals surface area contributed by atoms with E-state index >= 15 is 0 Å². The molecule has 0 amide bonds. The molecule has 0 fully saturated rings. The lowest BCUT2D eigenvalue weighted by Gasteiger charge is -2.28. The molecule has 9 nitrogen and oxygen atoms in total. The number of nitrogens with one attached hydrogen (secondary N) is 1. The number of hydrogen-bond acceptors (Lipinski definition) is 6. The molecule has 0 spiro atoms. The molecule has 3 aromatic heterocycles. The summed E-state index contributed by atoms with van der Waals surface area (Å²) in [6.07, 6.45) is 0. The van der Waals surface area contributed by atoms with Crippen LogP contribution in [0.4, 0.5) is 45.5 Å². The largest absolute Gasteiger partial charge is 0.392 e. The van der Waals surface area contributed by atoms with Crippen molar-refractivity contribution in [1.29, 1.82) is 0 Å². The van der Waals surface area contributed by atoms with Crippen LogP contribution in [-0.4, -0.2) is 29.0 Å². The fourth-order valence-corrected chi connectivity index (χ4v) is 23.2. The number of halogens is 1. The summed E-state index contributed by atoms with van der Waals surface area (Å²) >= 11 is 3.41.